The minimum Gasteiger partial charge on any atom is -0.397 e. The average Bonchev–Trinajstić information content (AvgIpc) is 2.82. The number of nitrogens with zero attached hydrogens (tertiary/aromatic N) is 3. The minimum atomic E-state index is -0.281. The number of benzene rings is 1. The van der Waals surface area contributed by atoms with Crippen LogP contribution in [0.1, 0.15) is 28.7 Å². The smallest absolute Gasteiger partial charge is 0.273 e. The summed E-state index contributed by atoms with van der Waals surface area (Å²) in [6.07, 6.45) is 0.764. The predicted molar refractivity (Wildman–Crippen MR) is 76.1 cm³/mol. The van der Waals surface area contributed by atoms with Gasteiger partial charge in [-0.15, -0.1) is 0 Å². The standard InChI is InChI=1S/C14H15N5O/c1-3-10-7-13(19(2)18-10)14(20)17-12-5-4-9(8-15)6-11(12)16/h4-7H,3,16H2,1-2H3,(H,17,20). The van der Waals surface area contributed by atoms with Crippen molar-refractivity contribution in [2.45, 2.75) is 13.3 Å². The highest BCUT2D eigenvalue weighted by atomic mass is 16.2. The summed E-state index contributed by atoms with van der Waals surface area (Å²) in [5, 5.41) is 15.7. The highest BCUT2D eigenvalue weighted by molar-refractivity contribution is 6.04. The van der Waals surface area contributed by atoms with Crippen LogP contribution in [0.4, 0.5) is 11.4 Å². The van der Waals surface area contributed by atoms with E-state index in [9.17, 15) is 4.79 Å². The van der Waals surface area contributed by atoms with Crippen LogP contribution in [0, 0.1) is 11.3 Å². The van der Waals surface area contributed by atoms with Crippen molar-refractivity contribution in [2.24, 2.45) is 7.05 Å². The molecule has 1 aromatic heterocycles. The van der Waals surface area contributed by atoms with Crippen molar-refractivity contribution in [3.8, 4) is 6.07 Å². The van der Waals surface area contributed by atoms with Crippen molar-refractivity contribution in [3.05, 3.63) is 41.2 Å². The van der Waals surface area contributed by atoms with Crippen molar-refractivity contribution >= 4 is 17.3 Å². The highest BCUT2D eigenvalue weighted by Crippen LogP contribution is 2.20. The molecule has 0 aliphatic carbocycles. The second kappa shape index (κ2) is 5.45. The lowest BCUT2D eigenvalue weighted by Crippen LogP contribution is -2.16. The number of nitrogen functional groups attached to an aromatic ring is 1. The Bertz CT molecular complexity index is 696. The Morgan fingerprint density at radius 3 is 2.80 bits per heavy atom. The van der Waals surface area contributed by atoms with Crippen molar-refractivity contribution in [3.63, 3.8) is 0 Å². The summed E-state index contributed by atoms with van der Waals surface area (Å²) >= 11 is 0. The number of amides is 1. The van der Waals surface area contributed by atoms with E-state index in [0.29, 0.717) is 22.6 Å². The predicted octanol–water partition coefficient (Wildman–Crippen LogP) is 1.69. The van der Waals surface area contributed by atoms with Crippen LogP contribution >= 0.6 is 0 Å². The Morgan fingerprint density at radius 1 is 1.50 bits per heavy atom. The zero-order valence-electron chi connectivity index (χ0n) is 11.3. The van der Waals surface area contributed by atoms with Gasteiger partial charge in [0.15, 0.2) is 0 Å². The first-order valence-corrected chi connectivity index (χ1v) is 6.19. The monoisotopic (exact) mass is 269 g/mol. The summed E-state index contributed by atoms with van der Waals surface area (Å²) in [7, 11) is 1.72. The fourth-order valence-corrected chi connectivity index (χ4v) is 1.84. The van der Waals surface area contributed by atoms with Gasteiger partial charge >= 0.3 is 0 Å². The van der Waals surface area contributed by atoms with E-state index in [4.69, 9.17) is 11.0 Å². The normalized spacial score (nSPS) is 10.1. The van der Waals surface area contributed by atoms with E-state index < -0.39 is 0 Å². The van der Waals surface area contributed by atoms with Gasteiger partial charge < -0.3 is 11.1 Å². The lowest BCUT2D eigenvalue weighted by atomic mass is 10.2. The van der Waals surface area contributed by atoms with Gasteiger partial charge in [0, 0.05) is 7.05 Å². The Kier molecular flexibility index (Phi) is 3.71. The molecule has 0 aliphatic heterocycles. The van der Waals surface area contributed by atoms with E-state index in [2.05, 4.69) is 10.4 Å². The highest BCUT2D eigenvalue weighted by Gasteiger charge is 2.14. The number of nitrogens with one attached hydrogen (secondary N) is 1. The number of hydrogen-bond acceptors (Lipinski definition) is 4. The number of nitrogens with two attached hydrogens (primary N) is 1. The third-order valence-corrected chi connectivity index (χ3v) is 2.95. The maximum atomic E-state index is 12.2. The maximum Gasteiger partial charge on any atom is 0.273 e. The fraction of sp³-hybridized carbons (Fsp3) is 0.214. The summed E-state index contributed by atoms with van der Waals surface area (Å²) in [6, 6.07) is 8.48. The Balaban J connectivity index is 2.23. The zero-order valence-corrected chi connectivity index (χ0v) is 11.3. The number of aromatic nitrogens is 2. The molecule has 0 radical (unpaired) electrons. The second-order valence-electron chi connectivity index (χ2n) is 4.37. The van der Waals surface area contributed by atoms with Gasteiger partial charge in [0.25, 0.3) is 5.91 Å². The van der Waals surface area contributed by atoms with Gasteiger partial charge in [-0.2, -0.15) is 10.4 Å². The SMILES string of the molecule is CCc1cc(C(=O)Nc2ccc(C#N)cc2N)n(C)n1. The fourth-order valence-electron chi connectivity index (χ4n) is 1.84. The summed E-state index contributed by atoms with van der Waals surface area (Å²) in [4.78, 5) is 12.2. The first-order chi connectivity index (χ1) is 9.55. The number of carbonyl (C=O) groups is 1. The van der Waals surface area contributed by atoms with Gasteiger partial charge in [-0.25, -0.2) is 0 Å². The minimum absolute atomic E-state index is 0.281. The number of aryl methyl sites for hydroxylation is 2. The lowest BCUT2D eigenvalue weighted by Gasteiger charge is -2.08. The molecule has 0 spiro atoms. The Hall–Kier alpha value is -2.81. The van der Waals surface area contributed by atoms with Crippen LogP contribution in [0.25, 0.3) is 0 Å². The molecule has 1 aromatic carbocycles. The largest absolute Gasteiger partial charge is 0.397 e. The van der Waals surface area contributed by atoms with Crippen LogP contribution in [-0.4, -0.2) is 15.7 Å². The van der Waals surface area contributed by atoms with Gasteiger partial charge in [0.2, 0.25) is 0 Å². The lowest BCUT2D eigenvalue weighted by molar-refractivity contribution is 0.101. The van der Waals surface area contributed by atoms with Gasteiger partial charge in [-0.1, -0.05) is 6.92 Å². The van der Waals surface area contributed by atoms with Crippen LogP contribution in [0.5, 0.6) is 0 Å². The van der Waals surface area contributed by atoms with Crippen LogP contribution in [0.3, 0.4) is 0 Å². The molecule has 0 saturated heterocycles. The van der Waals surface area contributed by atoms with E-state index in [1.807, 2.05) is 13.0 Å². The molecule has 0 atom stereocenters. The first-order valence-electron chi connectivity index (χ1n) is 6.19. The molecule has 1 amide bonds. The number of carbonyl (C=O) groups excluding carboxylic acids is 1. The van der Waals surface area contributed by atoms with Gasteiger partial charge in [0.1, 0.15) is 5.69 Å². The molecule has 3 N–H and O–H groups in total. The van der Waals surface area contributed by atoms with E-state index in [1.165, 1.54) is 10.7 Å². The van der Waals surface area contributed by atoms with Crippen LogP contribution in [0.15, 0.2) is 24.3 Å². The van der Waals surface area contributed by atoms with E-state index in [-0.39, 0.29) is 5.91 Å². The molecule has 1 heterocycles. The summed E-state index contributed by atoms with van der Waals surface area (Å²) in [5.41, 5.74) is 8.41. The van der Waals surface area contributed by atoms with Crippen molar-refractivity contribution in [1.82, 2.24) is 9.78 Å². The molecule has 6 nitrogen and oxygen atoms in total. The molecule has 20 heavy (non-hydrogen) atoms. The second-order valence-corrected chi connectivity index (χ2v) is 4.37. The van der Waals surface area contributed by atoms with Gasteiger partial charge in [-0.05, 0) is 30.7 Å². The van der Waals surface area contributed by atoms with E-state index >= 15 is 0 Å². The zero-order chi connectivity index (χ0) is 14.7. The number of nitriles is 1. The molecule has 102 valence electrons. The molecular formula is C14H15N5O. The Morgan fingerprint density at radius 2 is 2.25 bits per heavy atom. The van der Waals surface area contributed by atoms with Crippen molar-refractivity contribution < 1.29 is 4.79 Å². The molecule has 6 heteroatoms. The molecule has 0 aliphatic rings. The molecule has 0 fully saturated rings. The third kappa shape index (κ3) is 2.62. The molecule has 2 aromatic rings. The molecule has 0 saturated carbocycles. The van der Waals surface area contributed by atoms with E-state index in [0.717, 1.165) is 12.1 Å². The van der Waals surface area contributed by atoms with Crippen LogP contribution < -0.4 is 11.1 Å². The first kappa shape index (κ1) is 13.6. The summed E-state index contributed by atoms with van der Waals surface area (Å²) < 4.78 is 1.54. The molecule has 2 rings (SSSR count). The number of anilines is 2. The van der Waals surface area contributed by atoms with Gasteiger partial charge in [0.05, 0.1) is 28.7 Å². The van der Waals surface area contributed by atoms with Crippen molar-refractivity contribution in [2.75, 3.05) is 11.1 Å². The molecule has 0 unspecified atom stereocenters. The van der Waals surface area contributed by atoms with Crippen molar-refractivity contribution in [1.29, 1.82) is 5.26 Å². The quantitative estimate of drug-likeness (QED) is 0.828. The summed E-state index contributed by atoms with van der Waals surface area (Å²) in [5.74, 6) is -0.281. The summed E-state index contributed by atoms with van der Waals surface area (Å²) in [6.45, 7) is 1.97. The topological polar surface area (TPSA) is 96.7 Å². The number of rotatable bonds is 3. The molecular weight excluding hydrogens is 254 g/mol. The van der Waals surface area contributed by atoms with Crippen LogP contribution in [-0.2, 0) is 13.5 Å². The third-order valence-electron chi connectivity index (χ3n) is 2.95. The Labute approximate surface area is 116 Å². The average molecular weight is 269 g/mol. The molecule has 0 bridgehead atoms. The maximum absolute atomic E-state index is 12.2. The van der Waals surface area contributed by atoms with E-state index in [1.54, 1.807) is 25.2 Å². The number of hydrogen-bond donors (Lipinski definition) is 2. The van der Waals surface area contributed by atoms with Gasteiger partial charge in [-0.3, -0.25) is 9.48 Å². The van der Waals surface area contributed by atoms with Crippen LogP contribution in [0.2, 0.25) is 0 Å².